The molecule has 0 bridgehead atoms. The monoisotopic (exact) mass is 420 g/mol. The third-order valence-corrected chi connectivity index (χ3v) is 5.78. The predicted octanol–water partition coefficient (Wildman–Crippen LogP) is 7.46. The molecular weight excluding hydrogens is 392 g/mol. The average Bonchev–Trinajstić information content (AvgIpc) is 2.87. The van der Waals surface area contributed by atoms with Crippen LogP contribution < -0.4 is 9.47 Å². The molecule has 0 unspecified atom stereocenters. The molecule has 3 aromatic rings. The van der Waals surface area contributed by atoms with Gasteiger partial charge in [-0.2, -0.15) is 0 Å². The fourth-order valence-corrected chi connectivity index (χ4v) is 3.91. The van der Waals surface area contributed by atoms with Gasteiger partial charge in [0.2, 0.25) is 0 Å². The van der Waals surface area contributed by atoms with Crippen LogP contribution in [0.25, 0.3) is 17.7 Å². The van der Waals surface area contributed by atoms with Crippen LogP contribution in [0.3, 0.4) is 0 Å². The first kappa shape index (κ1) is 21.5. The molecule has 32 heavy (non-hydrogen) atoms. The Balaban J connectivity index is 1.69. The van der Waals surface area contributed by atoms with Gasteiger partial charge in [0.05, 0.1) is 14.2 Å². The normalized spacial score (nSPS) is 18.1. The van der Waals surface area contributed by atoms with E-state index in [0.29, 0.717) is 0 Å². The molecule has 0 heterocycles. The van der Waals surface area contributed by atoms with Crippen molar-refractivity contribution >= 4 is 17.7 Å². The van der Waals surface area contributed by atoms with E-state index in [2.05, 4.69) is 78.9 Å². The Morgan fingerprint density at radius 3 is 1.72 bits per heavy atom. The largest absolute Gasteiger partial charge is 0.496 e. The number of methoxy groups -OCH3 is 2. The van der Waals surface area contributed by atoms with Gasteiger partial charge in [-0.1, -0.05) is 109 Å². The van der Waals surface area contributed by atoms with Gasteiger partial charge in [-0.15, -0.1) is 0 Å². The van der Waals surface area contributed by atoms with Crippen LogP contribution in [0.1, 0.15) is 23.1 Å². The molecule has 0 saturated heterocycles. The van der Waals surface area contributed by atoms with Gasteiger partial charge < -0.3 is 9.47 Å². The first-order chi connectivity index (χ1) is 15.7. The topological polar surface area (TPSA) is 18.5 Å². The summed E-state index contributed by atoms with van der Waals surface area (Å²) in [6.07, 6.45) is 16.5. The van der Waals surface area contributed by atoms with E-state index in [1.807, 2.05) is 42.5 Å². The molecule has 0 saturated carbocycles. The first-order valence-corrected chi connectivity index (χ1v) is 10.8. The predicted molar refractivity (Wildman–Crippen MR) is 135 cm³/mol. The molecule has 0 spiro atoms. The summed E-state index contributed by atoms with van der Waals surface area (Å²) in [5.74, 6) is 1.74. The van der Waals surface area contributed by atoms with Crippen molar-refractivity contribution < 1.29 is 9.47 Å². The number of allylic oxidation sites excluding steroid dienone is 6. The Kier molecular flexibility index (Phi) is 6.72. The van der Waals surface area contributed by atoms with Crippen molar-refractivity contribution in [2.45, 2.75) is 6.42 Å². The molecule has 4 rings (SSSR count). The van der Waals surface area contributed by atoms with E-state index >= 15 is 0 Å². The van der Waals surface area contributed by atoms with Crippen LogP contribution in [0.2, 0.25) is 0 Å². The van der Waals surface area contributed by atoms with Gasteiger partial charge in [0.15, 0.2) is 0 Å². The Bertz CT molecular complexity index is 1110. The zero-order valence-corrected chi connectivity index (χ0v) is 18.6. The third kappa shape index (κ3) is 4.92. The summed E-state index contributed by atoms with van der Waals surface area (Å²) < 4.78 is 11.1. The first-order valence-electron chi connectivity index (χ1n) is 10.8. The van der Waals surface area contributed by atoms with E-state index in [1.54, 1.807) is 14.2 Å². The summed E-state index contributed by atoms with van der Waals surface area (Å²) in [5.41, 5.74) is 4.36. The second-order valence-corrected chi connectivity index (χ2v) is 7.83. The molecule has 160 valence electrons. The smallest absolute Gasteiger partial charge is 0.126 e. The SMILES string of the molecule is COc1ccccc1C=CC1(C=Cc2ccccc2OC)C=CC(c2ccccc2)=CC1. The van der Waals surface area contributed by atoms with Crippen molar-refractivity contribution in [3.63, 3.8) is 0 Å². The lowest BCUT2D eigenvalue weighted by Gasteiger charge is -2.26. The molecule has 0 aromatic heterocycles. The van der Waals surface area contributed by atoms with Crippen LogP contribution in [0.4, 0.5) is 0 Å². The van der Waals surface area contributed by atoms with E-state index in [1.165, 1.54) is 11.1 Å². The van der Waals surface area contributed by atoms with Gasteiger partial charge in [-0.25, -0.2) is 0 Å². The lowest BCUT2D eigenvalue weighted by atomic mass is 9.77. The third-order valence-electron chi connectivity index (χ3n) is 5.78. The van der Waals surface area contributed by atoms with Crippen molar-refractivity contribution in [3.05, 3.63) is 126 Å². The van der Waals surface area contributed by atoms with Crippen LogP contribution in [0.5, 0.6) is 11.5 Å². The van der Waals surface area contributed by atoms with Gasteiger partial charge in [0.1, 0.15) is 11.5 Å². The van der Waals surface area contributed by atoms with Crippen LogP contribution in [-0.2, 0) is 0 Å². The number of benzene rings is 3. The van der Waals surface area contributed by atoms with Gasteiger partial charge >= 0.3 is 0 Å². The highest BCUT2D eigenvalue weighted by Gasteiger charge is 2.23. The van der Waals surface area contributed by atoms with E-state index in [9.17, 15) is 0 Å². The summed E-state index contributed by atoms with van der Waals surface area (Å²) in [7, 11) is 3.42. The zero-order chi connectivity index (χ0) is 22.2. The Labute approximate surface area is 190 Å². The molecular formula is C30H28O2. The number of hydrogen-bond donors (Lipinski definition) is 0. The van der Waals surface area contributed by atoms with E-state index < -0.39 is 0 Å². The maximum Gasteiger partial charge on any atom is 0.126 e. The van der Waals surface area contributed by atoms with Crippen LogP contribution in [0, 0.1) is 5.41 Å². The number of para-hydroxylation sites is 2. The number of ether oxygens (including phenoxy) is 2. The van der Waals surface area contributed by atoms with Crippen LogP contribution in [-0.4, -0.2) is 14.2 Å². The molecule has 0 atom stereocenters. The number of hydrogen-bond acceptors (Lipinski definition) is 2. The van der Waals surface area contributed by atoms with Gasteiger partial charge in [-0.05, 0) is 29.7 Å². The highest BCUT2D eigenvalue weighted by atomic mass is 16.5. The minimum absolute atomic E-state index is 0.250. The summed E-state index contributed by atoms with van der Waals surface area (Å²) in [6, 6.07) is 26.7. The van der Waals surface area contributed by atoms with Crippen molar-refractivity contribution in [1.29, 1.82) is 0 Å². The lowest BCUT2D eigenvalue weighted by Crippen LogP contribution is -2.13. The highest BCUT2D eigenvalue weighted by Crippen LogP contribution is 2.38. The van der Waals surface area contributed by atoms with Crippen molar-refractivity contribution in [3.8, 4) is 11.5 Å². The molecule has 0 radical (unpaired) electrons. The molecule has 0 aliphatic heterocycles. The fraction of sp³-hybridized carbons (Fsp3) is 0.133. The Morgan fingerprint density at radius 2 is 1.22 bits per heavy atom. The summed E-state index contributed by atoms with van der Waals surface area (Å²) in [4.78, 5) is 0. The standard InChI is InChI=1S/C30H28O2/c1-31-28-14-8-6-12-26(28)18-22-30(23-19-27-13-7-9-15-29(27)32-2)20-16-25(17-21-30)24-10-4-3-5-11-24/h3-20,22-23H,21H2,1-2H3. The molecule has 1 aliphatic rings. The highest BCUT2D eigenvalue weighted by molar-refractivity contribution is 5.76. The minimum atomic E-state index is -0.250. The molecule has 0 N–H and O–H groups in total. The summed E-state index contributed by atoms with van der Waals surface area (Å²) >= 11 is 0. The summed E-state index contributed by atoms with van der Waals surface area (Å²) in [6.45, 7) is 0. The quantitative estimate of drug-likeness (QED) is 0.395. The second-order valence-electron chi connectivity index (χ2n) is 7.83. The Morgan fingerprint density at radius 1 is 0.688 bits per heavy atom. The second kappa shape index (κ2) is 10.0. The van der Waals surface area contributed by atoms with Crippen molar-refractivity contribution in [2.24, 2.45) is 5.41 Å². The van der Waals surface area contributed by atoms with E-state index in [-0.39, 0.29) is 5.41 Å². The molecule has 2 nitrogen and oxygen atoms in total. The minimum Gasteiger partial charge on any atom is -0.496 e. The maximum atomic E-state index is 5.54. The molecule has 3 aromatic carbocycles. The zero-order valence-electron chi connectivity index (χ0n) is 18.6. The molecule has 1 aliphatic carbocycles. The molecule has 0 fully saturated rings. The fourth-order valence-electron chi connectivity index (χ4n) is 3.91. The van der Waals surface area contributed by atoms with Gasteiger partial charge in [0.25, 0.3) is 0 Å². The number of rotatable bonds is 7. The van der Waals surface area contributed by atoms with Gasteiger partial charge in [0, 0.05) is 16.5 Å². The molecule has 2 heteroatoms. The van der Waals surface area contributed by atoms with E-state index in [0.717, 1.165) is 29.0 Å². The summed E-state index contributed by atoms with van der Waals surface area (Å²) in [5, 5.41) is 0. The molecule has 0 amide bonds. The van der Waals surface area contributed by atoms with Crippen LogP contribution in [0.15, 0.2) is 109 Å². The van der Waals surface area contributed by atoms with E-state index in [4.69, 9.17) is 9.47 Å². The lowest BCUT2D eigenvalue weighted by molar-refractivity contribution is 0.414. The average molecular weight is 421 g/mol. The van der Waals surface area contributed by atoms with Gasteiger partial charge in [-0.3, -0.25) is 0 Å². The Hall–Kier alpha value is -3.78. The maximum absolute atomic E-state index is 5.54. The van der Waals surface area contributed by atoms with Crippen molar-refractivity contribution in [1.82, 2.24) is 0 Å². The van der Waals surface area contributed by atoms with Crippen molar-refractivity contribution in [2.75, 3.05) is 14.2 Å². The van der Waals surface area contributed by atoms with Crippen LogP contribution >= 0.6 is 0 Å².